The Morgan fingerprint density at radius 3 is 2.24 bits per heavy atom. The predicted octanol–water partition coefficient (Wildman–Crippen LogP) is 9.10. The van der Waals surface area contributed by atoms with Gasteiger partial charge in [0.1, 0.15) is 13.4 Å². The summed E-state index contributed by atoms with van der Waals surface area (Å²) < 4.78 is 48.5. The summed E-state index contributed by atoms with van der Waals surface area (Å²) in [6.07, 6.45) is 18.5. The van der Waals surface area contributed by atoms with Gasteiger partial charge in [0.2, 0.25) is 0 Å². The highest BCUT2D eigenvalue weighted by molar-refractivity contribution is 6.15. The van der Waals surface area contributed by atoms with Crippen LogP contribution in [0.1, 0.15) is 74.7 Å². The summed E-state index contributed by atoms with van der Waals surface area (Å²) in [6, 6.07) is 0. The first-order valence-corrected chi connectivity index (χ1v) is 19.2. The maximum absolute atomic E-state index is 11.4. The van der Waals surface area contributed by atoms with Gasteiger partial charge in [0.25, 0.3) is 0 Å². The van der Waals surface area contributed by atoms with Crippen LogP contribution in [0.3, 0.4) is 0 Å². The van der Waals surface area contributed by atoms with E-state index >= 15 is 0 Å². The third kappa shape index (κ3) is 28.5. The van der Waals surface area contributed by atoms with E-state index in [2.05, 4.69) is 79.8 Å². The van der Waals surface area contributed by atoms with Gasteiger partial charge in [-0.25, -0.2) is 4.39 Å². The van der Waals surface area contributed by atoms with Crippen molar-refractivity contribution in [3.8, 4) is 0 Å². The third-order valence-corrected chi connectivity index (χ3v) is 7.67. The molecule has 3 rings (SSSR count). The zero-order valence-electron chi connectivity index (χ0n) is 34.8. The molecule has 12 heteroatoms. The molecule has 3 unspecified atom stereocenters. The van der Waals surface area contributed by atoms with Gasteiger partial charge in [-0.2, -0.15) is 13.2 Å². The molecular formula is C43H71F4N5O3. The average molecular weight is 782 g/mol. The van der Waals surface area contributed by atoms with Crippen LogP contribution in [0.2, 0.25) is 0 Å². The van der Waals surface area contributed by atoms with Gasteiger partial charge in [0, 0.05) is 49.9 Å². The van der Waals surface area contributed by atoms with Gasteiger partial charge in [-0.3, -0.25) is 14.9 Å². The smallest absolute Gasteiger partial charge is 0.387 e. The SMILES string of the molecule is C=C(/C=C\C(=C)C(=NC1=CC(CNCCCN2CCOCC2)=NC=CC1C)/C(=C\C)C1C=CC=CC1)CN.C=O.CC.CC.CCC(C)F.OCC(F)(F)F. The molecule has 2 heterocycles. The van der Waals surface area contributed by atoms with Crippen molar-refractivity contribution in [2.45, 2.75) is 87.0 Å². The molecule has 0 radical (unpaired) electrons. The number of aliphatic hydroxyl groups excluding tert-OH is 1. The molecule has 0 amide bonds. The zero-order chi connectivity index (χ0) is 42.7. The summed E-state index contributed by atoms with van der Waals surface area (Å²) in [5, 5.41) is 10.8. The molecule has 1 saturated heterocycles. The van der Waals surface area contributed by atoms with Crippen LogP contribution in [-0.4, -0.2) is 99.7 Å². The van der Waals surface area contributed by atoms with Crippen molar-refractivity contribution in [3.63, 3.8) is 0 Å². The topological polar surface area (TPSA) is 113 Å². The Bertz CT molecular complexity index is 1280. The summed E-state index contributed by atoms with van der Waals surface area (Å²) in [5.41, 5.74) is 11.5. The first-order chi connectivity index (χ1) is 26.3. The molecule has 55 heavy (non-hydrogen) atoms. The predicted molar refractivity (Wildman–Crippen MR) is 226 cm³/mol. The lowest BCUT2D eigenvalue weighted by Gasteiger charge is -2.26. The minimum atomic E-state index is -4.40. The largest absolute Gasteiger partial charge is 0.411 e. The minimum Gasteiger partial charge on any atom is -0.387 e. The number of ether oxygens (including phenoxy) is 1. The second-order valence-corrected chi connectivity index (χ2v) is 11.8. The van der Waals surface area contributed by atoms with Crippen LogP contribution >= 0.6 is 0 Å². The van der Waals surface area contributed by atoms with E-state index in [4.69, 9.17) is 30.4 Å². The first kappa shape index (κ1) is 55.8. The number of hydrogen-bond donors (Lipinski definition) is 3. The Kier molecular flexibility index (Phi) is 36.6. The van der Waals surface area contributed by atoms with E-state index in [1.54, 1.807) is 6.92 Å². The van der Waals surface area contributed by atoms with Crippen molar-refractivity contribution in [2.75, 3.05) is 59.1 Å². The van der Waals surface area contributed by atoms with E-state index < -0.39 is 19.0 Å². The molecule has 0 aromatic heterocycles. The molecule has 3 aliphatic rings. The molecule has 0 bridgehead atoms. The van der Waals surface area contributed by atoms with Gasteiger partial charge in [0.15, 0.2) is 0 Å². The van der Waals surface area contributed by atoms with Crippen LogP contribution in [0.5, 0.6) is 0 Å². The van der Waals surface area contributed by atoms with Crippen molar-refractivity contribution in [1.82, 2.24) is 10.2 Å². The maximum Gasteiger partial charge on any atom is 0.411 e. The number of halogens is 4. The number of alkyl halides is 4. The number of morpholine rings is 1. The Morgan fingerprint density at radius 1 is 1.15 bits per heavy atom. The first-order valence-electron chi connectivity index (χ1n) is 19.2. The lowest BCUT2D eigenvalue weighted by atomic mass is 9.86. The summed E-state index contributed by atoms with van der Waals surface area (Å²) >= 11 is 0. The van der Waals surface area contributed by atoms with E-state index in [0.717, 1.165) is 80.5 Å². The molecule has 8 nitrogen and oxygen atoms in total. The Labute approximate surface area is 330 Å². The van der Waals surface area contributed by atoms with Crippen molar-refractivity contribution in [2.24, 2.45) is 27.6 Å². The number of nitrogens with zero attached hydrogens (tertiary/aromatic N) is 3. The van der Waals surface area contributed by atoms with E-state index in [0.29, 0.717) is 19.5 Å². The fourth-order valence-corrected chi connectivity index (χ4v) is 4.56. The number of nitrogens with two attached hydrogens (primary N) is 1. The Hall–Kier alpha value is -3.55. The number of carbonyl (C=O) groups excluding carboxylic acids is 1. The van der Waals surface area contributed by atoms with Gasteiger partial charge >= 0.3 is 6.18 Å². The van der Waals surface area contributed by atoms with Gasteiger partial charge in [-0.15, -0.1) is 0 Å². The quantitative estimate of drug-likeness (QED) is 0.0702. The highest BCUT2D eigenvalue weighted by atomic mass is 19.4. The molecule has 0 saturated carbocycles. The van der Waals surface area contributed by atoms with Crippen LogP contribution < -0.4 is 11.1 Å². The van der Waals surface area contributed by atoms with Crippen LogP contribution in [0.4, 0.5) is 17.6 Å². The van der Waals surface area contributed by atoms with Gasteiger partial charge in [-0.05, 0) is 69.0 Å². The maximum atomic E-state index is 11.4. The van der Waals surface area contributed by atoms with Crippen LogP contribution in [0.25, 0.3) is 0 Å². The second kappa shape index (κ2) is 36.1. The van der Waals surface area contributed by atoms with E-state index in [9.17, 15) is 17.6 Å². The highest BCUT2D eigenvalue weighted by Gasteiger charge is 2.24. The number of hydrogen-bond acceptors (Lipinski definition) is 8. The molecular weight excluding hydrogens is 710 g/mol. The van der Waals surface area contributed by atoms with Crippen molar-refractivity contribution in [1.29, 1.82) is 0 Å². The van der Waals surface area contributed by atoms with Crippen LogP contribution in [0, 0.1) is 11.8 Å². The number of aliphatic imine (C=N–C) groups is 2. The molecule has 1 aliphatic carbocycles. The molecule has 0 aromatic rings. The fraction of sp³-hybridized carbons (Fsp3) is 0.558. The van der Waals surface area contributed by atoms with Gasteiger partial charge < -0.3 is 25.7 Å². The summed E-state index contributed by atoms with van der Waals surface area (Å²) in [4.78, 5) is 20.4. The highest BCUT2D eigenvalue weighted by Crippen LogP contribution is 2.28. The molecule has 4 N–H and O–H groups in total. The number of allylic oxidation sites excluding steroid dienone is 9. The number of aliphatic hydroxyl groups is 1. The van der Waals surface area contributed by atoms with Gasteiger partial charge in [0.05, 0.1) is 30.8 Å². The standard InChI is InChI=1S/C32H45N5O.C4H9F.C2H3F3O.2C2H6.CH2O/c1-5-30(28-10-7-6-8-11-28)32(27(4)13-12-25(2)23-33)36-31-22-29(35-16-14-26(31)3)24-34-15-9-17-37-18-20-38-21-19-37;1-3-4(2)5;3-2(4,5)1-6;3*1-2/h5-8,10,12-14,16,22,26,28,34H,2,4,9,11,15,17-21,23-24,33H2,1,3H3;4H,3H2,1-2H3;6H,1H2;2*1-2H3;1H2/b13-12-,30-5-,36-32?;;;;;. The van der Waals surface area contributed by atoms with Crippen LogP contribution in [0.15, 0.2) is 106 Å². The summed E-state index contributed by atoms with van der Waals surface area (Å²) in [7, 11) is 0. The minimum absolute atomic E-state index is 0.128. The van der Waals surface area contributed by atoms with E-state index in [-0.39, 0.29) is 11.8 Å². The average Bonchev–Trinajstić information content (AvgIpc) is 3.39. The zero-order valence-corrected chi connectivity index (χ0v) is 34.8. The molecule has 314 valence electrons. The van der Waals surface area contributed by atoms with Crippen molar-refractivity contribution in [3.05, 3.63) is 96.5 Å². The summed E-state index contributed by atoms with van der Waals surface area (Å²) in [6.45, 7) is 31.2. The number of nitrogens with one attached hydrogen (secondary N) is 1. The number of rotatable bonds is 14. The molecule has 0 aromatic carbocycles. The molecule has 0 spiro atoms. The molecule has 2 aliphatic heterocycles. The Morgan fingerprint density at radius 2 is 1.75 bits per heavy atom. The molecule has 1 fully saturated rings. The van der Waals surface area contributed by atoms with Crippen LogP contribution in [-0.2, 0) is 9.53 Å². The fourth-order valence-electron chi connectivity index (χ4n) is 4.56. The van der Waals surface area contributed by atoms with Crippen molar-refractivity contribution < 1.29 is 32.2 Å². The number of carbonyl (C=O) groups is 1. The normalized spacial score (nSPS) is 18.8. The second-order valence-electron chi connectivity index (χ2n) is 11.8. The van der Waals surface area contributed by atoms with E-state index in [1.165, 1.54) is 5.57 Å². The van der Waals surface area contributed by atoms with E-state index in [1.807, 2.05) is 59.8 Å². The lowest BCUT2D eigenvalue weighted by Crippen LogP contribution is -2.38. The molecule has 3 atom stereocenters. The van der Waals surface area contributed by atoms with Crippen molar-refractivity contribution >= 4 is 18.2 Å². The third-order valence-electron chi connectivity index (χ3n) is 7.67. The monoisotopic (exact) mass is 782 g/mol. The summed E-state index contributed by atoms with van der Waals surface area (Å²) in [5.74, 6) is 0.383. The lowest BCUT2D eigenvalue weighted by molar-refractivity contribution is -0.159. The Balaban J connectivity index is -0.00000135. The van der Waals surface area contributed by atoms with Gasteiger partial charge in [-0.1, -0.05) is 103 Å².